The second-order valence-electron chi connectivity index (χ2n) is 8.56. The van der Waals surface area contributed by atoms with Crippen molar-refractivity contribution < 1.29 is 71.2 Å². The van der Waals surface area contributed by atoms with Crippen molar-refractivity contribution in [2.45, 2.75) is 68.4 Å². The third kappa shape index (κ3) is 27.2. The zero-order valence-electron chi connectivity index (χ0n) is 23.1. The van der Waals surface area contributed by atoms with E-state index in [2.05, 4.69) is 0 Å². The van der Waals surface area contributed by atoms with Gasteiger partial charge in [0.25, 0.3) is 12.6 Å². The van der Waals surface area contributed by atoms with Gasteiger partial charge in [0.1, 0.15) is 37.6 Å². The van der Waals surface area contributed by atoms with Crippen molar-refractivity contribution in [3.63, 3.8) is 0 Å². The molecule has 0 heterocycles. The Kier molecular flexibility index (Phi) is 27.4. The first-order valence-corrected chi connectivity index (χ1v) is 11.4. The molecule has 7 atom stereocenters. The second-order valence-corrected chi connectivity index (χ2v) is 8.56. The van der Waals surface area contributed by atoms with Crippen LogP contribution in [0, 0.1) is 0 Å². The van der Waals surface area contributed by atoms with Crippen LogP contribution in [-0.2, 0) is 4.79 Å². The summed E-state index contributed by atoms with van der Waals surface area (Å²) in [4.78, 5) is 14.4. The van der Waals surface area contributed by atoms with Gasteiger partial charge in [-0.25, -0.2) is 0 Å². The van der Waals surface area contributed by atoms with Crippen LogP contribution in [0.25, 0.3) is 0 Å². The van der Waals surface area contributed by atoms with E-state index in [4.69, 9.17) is 85.5 Å². The highest BCUT2D eigenvalue weighted by atomic mass is 16.5. The molecule has 0 aliphatic heterocycles. The fourth-order valence-electron chi connectivity index (χ4n) is 2.02. The van der Waals surface area contributed by atoms with Crippen LogP contribution < -0.4 is 49.7 Å². The number of likely N-dealkylation sites (N-methyl/N-ethyl adjacent to an activating group) is 3. The minimum atomic E-state index is -3.07. The fourth-order valence-corrected chi connectivity index (χ4v) is 2.02. The van der Waals surface area contributed by atoms with Gasteiger partial charge < -0.3 is 101 Å². The number of carbonyl (C=O) groups is 1. The quantitative estimate of drug-likeness (QED) is 0.0635. The maximum absolute atomic E-state index is 10.5. The number of hydrogen-bond acceptors (Lipinski definition) is 20. The van der Waals surface area contributed by atoms with Crippen LogP contribution in [0.3, 0.4) is 0 Å². The molecule has 0 aliphatic rings. The second kappa shape index (κ2) is 24.1. The first-order valence-electron chi connectivity index (χ1n) is 11.4. The molecule has 0 rings (SSSR count). The lowest BCUT2D eigenvalue weighted by Gasteiger charge is -2.45. The van der Waals surface area contributed by atoms with Gasteiger partial charge in [0.2, 0.25) is 0 Å². The highest BCUT2D eigenvalue weighted by Crippen LogP contribution is 2.20. The zero-order valence-corrected chi connectivity index (χ0v) is 23.1. The van der Waals surface area contributed by atoms with Crippen LogP contribution in [0.2, 0.25) is 0 Å². The van der Waals surface area contributed by atoms with Crippen LogP contribution in [0.1, 0.15) is 6.42 Å². The SMILES string of the molecule is CN(CC(=O)[OH2+])C(N)N.CN(CC(O)[OH2+])C(N)N.CN(CC(O)[OH2+])C(N)N.[O-]C(O)C(O)(C[C@H]([O-])O)C(O)[C@@H]([O-])O. The average molecular weight is 618 g/mol. The Hall–Kier alpha value is -1.37. The minimum absolute atomic E-state index is 0.0162. The summed E-state index contributed by atoms with van der Waals surface area (Å²) in [5.74, 6) is -0.682. The van der Waals surface area contributed by atoms with Gasteiger partial charge in [0, 0.05) is 17.4 Å². The van der Waals surface area contributed by atoms with Gasteiger partial charge in [-0.05, 0) is 33.9 Å². The molecule has 0 spiro atoms. The first kappa shape index (κ1) is 46.6. The Morgan fingerprint density at radius 3 is 1.20 bits per heavy atom. The lowest BCUT2D eigenvalue weighted by atomic mass is 9.91. The molecule has 0 saturated carbocycles. The van der Waals surface area contributed by atoms with Gasteiger partial charge >= 0.3 is 5.97 Å². The van der Waals surface area contributed by atoms with Crippen molar-refractivity contribution in [3.8, 4) is 0 Å². The van der Waals surface area contributed by atoms with E-state index in [1.165, 1.54) is 14.7 Å². The fraction of sp³-hybridized carbons (Fsp3) is 0.944. The maximum Gasteiger partial charge on any atom is 0.530 e. The molecule has 0 aromatic rings. The van der Waals surface area contributed by atoms with Crippen LogP contribution in [0.15, 0.2) is 0 Å². The van der Waals surface area contributed by atoms with E-state index in [9.17, 15) is 20.1 Å². The molecule has 252 valence electrons. The topological polar surface area (TPSA) is 462 Å². The smallest absolute Gasteiger partial charge is 0.530 e. The van der Waals surface area contributed by atoms with E-state index in [-0.39, 0.29) is 19.6 Å². The number of rotatable bonds is 14. The monoisotopic (exact) mass is 617 g/mol. The van der Waals surface area contributed by atoms with E-state index in [1.807, 2.05) is 0 Å². The molecule has 0 bridgehead atoms. The van der Waals surface area contributed by atoms with E-state index in [0.29, 0.717) is 0 Å². The lowest BCUT2D eigenvalue weighted by molar-refractivity contribution is -0.562. The predicted octanol–water partition coefficient (Wildman–Crippen LogP) is -14.8. The van der Waals surface area contributed by atoms with Crippen molar-refractivity contribution in [3.05, 3.63) is 0 Å². The third-order valence-electron chi connectivity index (χ3n) is 4.55. The normalized spacial score (nSPS) is 17.4. The van der Waals surface area contributed by atoms with Crippen molar-refractivity contribution >= 4 is 5.97 Å². The molecule has 5 unspecified atom stereocenters. The summed E-state index contributed by atoms with van der Waals surface area (Å²) in [5, 5.41) is 111. The summed E-state index contributed by atoms with van der Waals surface area (Å²) in [6, 6.07) is 0. The highest BCUT2D eigenvalue weighted by Gasteiger charge is 2.38. The molecule has 0 saturated heterocycles. The largest absolute Gasteiger partial charge is 0.831 e. The van der Waals surface area contributed by atoms with E-state index < -0.39 is 74.4 Å². The Morgan fingerprint density at radius 1 is 0.756 bits per heavy atom. The van der Waals surface area contributed by atoms with Gasteiger partial charge in [-0.2, -0.15) is 0 Å². The molecule has 25 N–H and O–H groups in total. The standard InChI is InChI=1S/C6H11O8.2C4H13N3O2.C4H11N3O2/c7-2(8)1-6(14,5(12)13)3(9)4(10)11;3*1-7(4(5)6)2-3(8)9/h2-5,7,9-10,12,14H,1H2;2*3-4,8-9H,2,5-6H2,1H3;4H,2,5-6H2,1H3,(H,8,9)/q-3;;;/p+3/t2-,3?,4+,5?,6?;;;/m0.../s1. The summed E-state index contributed by atoms with van der Waals surface area (Å²) in [6.07, 6.45) is -16.0. The molecule has 0 aliphatic carbocycles. The molecule has 41 heavy (non-hydrogen) atoms. The number of carbonyl (C=O) groups excluding carboxylic acids is 1. The van der Waals surface area contributed by atoms with Crippen molar-refractivity contribution in [1.29, 1.82) is 0 Å². The molecule has 0 fully saturated rings. The number of hydrogen-bond donors (Lipinski definition) is 13. The average Bonchev–Trinajstić information content (AvgIpc) is 2.77. The van der Waals surface area contributed by atoms with Crippen molar-refractivity contribution in [1.82, 2.24) is 14.7 Å². The zero-order chi connectivity index (χ0) is 33.8. The van der Waals surface area contributed by atoms with Crippen molar-refractivity contribution in [2.24, 2.45) is 34.4 Å². The lowest BCUT2D eigenvalue weighted by Crippen LogP contribution is -2.65. The minimum Gasteiger partial charge on any atom is -0.831 e. The molecule has 23 nitrogen and oxygen atoms in total. The van der Waals surface area contributed by atoms with Crippen LogP contribution >= 0.6 is 0 Å². The summed E-state index contributed by atoms with van der Waals surface area (Å²) in [5.41, 5.74) is 28.0. The summed E-state index contributed by atoms with van der Waals surface area (Å²) in [6.45, 7) is 0.340. The molecule has 0 aromatic carbocycles. The first-order chi connectivity index (χ1) is 18.3. The molecule has 0 radical (unpaired) electrons. The molecular formula is C18H51N9O14. The predicted molar refractivity (Wildman–Crippen MR) is 136 cm³/mol. The number of aliphatic hydroxyl groups excluding tert-OH is 6. The third-order valence-corrected chi connectivity index (χ3v) is 4.55. The Morgan fingerprint density at radius 2 is 1.07 bits per heavy atom. The van der Waals surface area contributed by atoms with Gasteiger partial charge in [-0.1, -0.05) is 0 Å². The Labute approximate surface area is 236 Å². The Bertz CT molecular complexity index is 616. The van der Waals surface area contributed by atoms with E-state index in [1.54, 1.807) is 21.1 Å². The van der Waals surface area contributed by atoms with Crippen LogP contribution in [-0.4, -0.2) is 175 Å². The van der Waals surface area contributed by atoms with E-state index in [0.717, 1.165) is 0 Å². The maximum atomic E-state index is 10.5. The summed E-state index contributed by atoms with van der Waals surface area (Å²) >= 11 is 0. The van der Waals surface area contributed by atoms with Crippen LogP contribution in [0.4, 0.5) is 0 Å². The van der Waals surface area contributed by atoms with Gasteiger partial charge in [0.15, 0.2) is 6.54 Å². The van der Waals surface area contributed by atoms with Crippen molar-refractivity contribution in [2.75, 3.05) is 40.8 Å². The summed E-state index contributed by atoms with van der Waals surface area (Å²) < 4.78 is 0. The molecular weight excluding hydrogens is 566 g/mol. The van der Waals surface area contributed by atoms with E-state index >= 15 is 0 Å². The van der Waals surface area contributed by atoms with Gasteiger partial charge in [-0.15, -0.1) is 0 Å². The number of nitrogens with zero attached hydrogens (tertiary/aromatic N) is 3. The van der Waals surface area contributed by atoms with Crippen LogP contribution in [0.5, 0.6) is 0 Å². The molecule has 0 amide bonds. The summed E-state index contributed by atoms with van der Waals surface area (Å²) in [7, 11) is 4.86. The molecule has 0 aromatic heterocycles. The number of aliphatic hydroxyl groups is 7. The molecule has 23 heteroatoms. The Balaban J connectivity index is -0.000000228. The van der Waals surface area contributed by atoms with Gasteiger partial charge in [0.05, 0.1) is 6.10 Å². The highest BCUT2D eigenvalue weighted by molar-refractivity contribution is 5.69. The number of nitrogens with two attached hydrogens (primary N) is 6. The van der Waals surface area contributed by atoms with Gasteiger partial charge in [-0.3, -0.25) is 14.7 Å².